The maximum atomic E-state index is 5.12. The van der Waals surface area contributed by atoms with E-state index in [4.69, 9.17) is 4.99 Å². The van der Waals surface area contributed by atoms with Gasteiger partial charge >= 0.3 is 39.3 Å². The molecule has 0 atom stereocenters. The van der Waals surface area contributed by atoms with Gasteiger partial charge in [0.25, 0.3) is 0 Å². The summed E-state index contributed by atoms with van der Waals surface area (Å²) >= 11 is 6.00. The first-order valence-corrected chi connectivity index (χ1v) is 13.8. The Bertz CT molecular complexity index is 692. The van der Waals surface area contributed by atoms with Crippen molar-refractivity contribution in [2.75, 3.05) is 14.1 Å². The Kier molecular flexibility index (Phi) is 11.5. The zero-order valence-electron chi connectivity index (χ0n) is 16.7. The molecule has 2 aromatic carbocycles. The molecule has 0 aliphatic carbocycles. The molecular weight excluding hydrogens is 513 g/mol. The number of hydrogen-bond acceptors (Lipinski definition) is 2. The van der Waals surface area contributed by atoms with E-state index in [0.717, 1.165) is 17.1 Å². The fourth-order valence-electron chi connectivity index (χ4n) is 2.77. The Morgan fingerprint density at radius 1 is 0.926 bits per heavy atom. The van der Waals surface area contributed by atoms with E-state index >= 15 is 0 Å². The van der Waals surface area contributed by atoms with Crippen LogP contribution in [0.4, 0.5) is 5.69 Å². The molecule has 0 fully saturated rings. The second-order valence-electron chi connectivity index (χ2n) is 6.72. The molecule has 6 heteroatoms. The van der Waals surface area contributed by atoms with Crippen molar-refractivity contribution in [1.82, 2.24) is 10.4 Å². The number of aliphatic imine (C=N–C) groups is 1. The van der Waals surface area contributed by atoms with Gasteiger partial charge in [-0.25, -0.2) is 10.4 Å². The Labute approximate surface area is 184 Å². The van der Waals surface area contributed by atoms with Crippen molar-refractivity contribution in [3.05, 3.63) is 65.2 Å². The number of hydrogen-bond donors (Lipinski definition) is 1. The van der Waals surface area contributed by atoms with Gasteiger partial charge in [-0.1, -0.05) is 76.2 Å². The van der Waals surface area contributed by atoms with Crippen molar-refractivity contribution in [3.63, 3.8) is 0 Å². The molecule has 0 aliphatic rings. The first-order valence-electron chi connectivity index (χ1n) is 8.87. The van der Waals surface area contributed by atoms with Crippen molar-refractivity contribution in [3.8, 4) is 0 Å². The third kappa shape index (κ3) is 7.34. The Morgan fingerprint density at radius 3 is 1.81 bits per heavy atom. The van der Waals surface area contributed by atoms with E-state index in [2.05, 4.69) is 91.9 Å². The van der Waals surface area contributed by atoms with Crippen LogP contribution in [0.2, 0.25) is 0 Å². The van der Waals surface area contributed by atoms with Crippen molar-refractivity contribution >= 4 is 40.0 Å². The van der Waals surface area contributed by atoms with E-state index in [0.29, 0.717) is 11.8 Å². The normalized spacial score (nSPS) is 11.6. The van der Waals surface area contributed by atoms with Crippen LogP contribution in [-0.2, 0) is 10.9 Å². The third-order valence-electron chi connectivity index (χ3n) is 4.25. The molecule has 0 radical (unpaired) electrons. The standard InChI is InChI=1S/C21H29N3.2BrH.Ni/c1-15(2)18-13-10-14-19(16(3)4)20(18)23-21(24(6)22-5)17-11-8-7-9-12-17;;;/h7-16,22H,1-6H3;2*1H;/q;;;+3/p-2. The van der Waals surface area contributed by atoms with Crippen LogP contribution in [0.3, 0.4) is 0 Å². The number of benzene rings is 2. The molecule has 27 heavy (non-hydrogen) atoms. The fraction of sp³-hybridized carbons (Fsp3) is 0.381. The van der Waals surface area contributed by atoms with E-state index in [1.54, 1.807) is 0 Å². The van der Waals surface area contributed by atoms with Gasteiger partial charge in [0, 0.05) is 19.7 Å². The van der Waals surface area contributed by atoms with Gasteiger partial charge in [-0.3, -0.25) is 5.01 Å². The first-order chi connectivity index (χ1) is 12.9. The van der Waals surface area contributed by atoms with Gasteiger partial charge in [-0.15, -0.1) is 0 Å². The van der Waals surface area contributed by atoms with E-state index in [9.17, 15) is 0 Å². The summed E-state index contributed by atoms with van der Waals surface area (Å²) in [5.74, 6) is 1.78. The average Bonchev–Trinajstić information content (AvgIpc) is 2.66. The first kappa shape index (κ1) is 24.4. The minimum absolute atomic E-state index is 0.430. The van der Waals surface area contributed by atoms with Gasteiger partial charge < -0.3 is 0 Å². The molecular formula is C21H29Br2N3Ni+. The number of nitrogens with one attached hydrogen (secondary N) is 1. The van der Waals surface area contributed by atoms with Crippen LogP contribution >= 0.6 is 28.5 Å². The Balaban J connectivity index is 0.00000114. The second kappa shape index (κ2) is 12.7. The van der Waals surface area contributed by atoms with Gasteiger partial charge in [0.05, 0.1) is 5.69 Å². The molecule has 0 unspecified atom stereocenters. The fourth-order valence-corrected chi connectivity index (χ4v) is 2.77. The SMILES string of the molecule is CNN(C)C(=Nc1c(C(C)C)cccc1C(C)C)c1ccccc1.[Br][Ni+][Br]. The molecule has 2 aromatic rings. The van der Waals surface area contributed by atoms with Crippen molar-refractivity contribution in [2.45, 2.75) is 39.5 Å². The molecule has 0 spiro atoms. The number of halogens is 2. The summed E-state index contributed by atoms with van der Waals surface area (Å²) in [6.07, 6.45) is 0. The molecule has 0 saturated carbocycles. The molecule has 0 bridgehead atoms. The molecule has 0 heterocycles. The van der Waals surface area contributed by atoms with Crippen LogP contribution in [-0.4, -0.2) is 24.9 Å². The summed E-state index contributed by atoms with van der Waals surface area (Å²) < 4.78 is 0. The zero-order chi connectivity index (χ0) is 20.4. The van der Waals surface area contributed by atoms with Gasteiger partial charge in [-0.2, -0.15) is 0 Å². The van der Waals surface area contributed by atoms with E-state index in [1.165, 1.54) is 22.0 Å². The molecule has 0 amide bonds. The molecule has 151 valence electrons. The van der Waals surface area contributed by atoms with E-state index < -0.39 is 0 Å². The predicted octanol–water partition coefficient (Wildman–Crippen LogP) is 6.77. The van der Waals surface area contributed by atoms with Crippen LogP contribution < -0.4 is 5.43 Å². The van der Waals surface area contributed by atoms with Crippen molar-refractivity contribution in [2.24, 2.45) is 4.99 Å². The van der Waals surface area contributed by atoms with Crippen LogP contribution in [0, 0.1) is 0 Å². The topological polar surface area (TPSA) is 27.6 Å². The second-order valence-corrected chi connectivity index (χ2v) is 11.7. The molecule has 2 rings (SSSR count). The number of amidine groups is 1. The quantitative estimate of drug-likeness (QED) is 0.196. The summed E-state index contributed by atoms with van der Waals surface area (Å²) in [6.45, 7) is 8.90. The molecule has 0 aliphatic heterocycles. The van der Waals surface area contributed by atoms with Crippen molar-refractivity contribution in [1.29, 1.82) is 0 Å². The van der Waals surface area contributed by atoms with Gasteiger partial charge in [-0.05, 0) is 23.0 Å². The number of nitrogens with zero attached hydrogens (tertiary/aromatic N) is 2. The maximum absolute atomic E-state index is 5.12. The Hall–Kier alpha value is -0.676. The minimum atomic E-state index is 0.430. The third-order valence-corrected chi connectivity index (χ3v) is 4.25. The summed E-state index contributed by atoms with van der Waals surface area (Å²) in [4.78, 5) is 5.12. The predicted molar refractivity (Wildman–Crippen MR) is 122 cm³/mol. The van der Waals surface area contributed by atoms with Crippen LogP contribution in [0.5, 0.6) is 0 Å². The molecule has 3 nitrogen and oxygen atoms in total. The Morgan fingerprint density at radius 2 is 1.41 bits per heavy atom. The monoisotopic (exact) mass is 539 g/mol. The summed E-state index contributed by atoms with van der Waals surface area (Å²) in [6, 6.07) is 16.8. The van der Waals surface area contributed by atoms with E-state index in [1.807, 2.05) is 37.3 Å². The number of hydrazine groups is 1. The number of para-hydroxylation sites is 1. The summed E-state index contributed by atoms with van der Waals surface area (Å²) in [5.41, 5.74) is 7.97. The van der Waals surface area contributed by atoms with Crippen LogP contribution in [0.25, 0.3) is 0 Å². The molecule has 0 saturated heterocycles. The summed E-state index contributed by atoms with van der Waals surface area (Å²) in [5, 5.41) is 1.97. The van der Waals surface area contributed by atoms with Gasteiger partial charge in [0.15, 0.2) is 0 Å². The summed E-state index contributed by atoms with van der Waals surface area (Å²) in [7, 11) is 5.16. The average molecular weight is 542 g/mol. The van der Waals surface area contributed by atoms with Crippen molar-refractivity contribution < 1.29 is 10.9 Å². The molecule has 0 aromatic heterocycles. The van der Waals surface area contributed by atoms with E-state index in [-0.39, 0.29) is 0 Å². The van der Waals surface area contributed by atoms with Gasteiger partial charge in [0.2, 0.25) is 0 Å². The van der Waals surface area contributed by atoms with Crippen LogP contribution in [0.15, 0.2) is 53.5 Å². The molecule has 1 N–H and O–H groups in total. The van der Waals surface area contributed by atoms with Gasteiger partial charge in [0.1, 0.15) is 5.84 Å². The van der Waals surface area contributed by atoms with Crippen LogP contribution in [0.1, 0.15) is 56.2 Å². The zero-order valence-corrected chi connectivity index (χ0v) is 20.9. The number of rotatable bonds is 5.